The van der Waals surface area contributed by atoms with E-state index < -0.39 is 10.0 Å². The van der Waals surface area contributed by atoms with Crippen molar-refractivity contribution in [1.29, 1.82) is 0 Å². The van der Waals surface area contributed by atoms with Crippen LogP contribution in [0.5, 0.6) is 0 Å². The van der Waals surface area contributed by atoms with Gasteiger partial charge in [0.25, 0.3) is 0 Å². The van der Waals surface area contributed by atoms with Gasteiger partial charge in [0.2, 0.25) is 10.0 Å². The van der Waals surface area contributed by atoms with Crippen molar-refractivity contribution >= 4 is 32.8 Å². The molecule has 2 aliphatic heterocycles. The van der Waals surface area contributed by atoms with Gasteiger partial charge in [-0.25, -0.2) is 27.8 Å². The van der Waals surface area contributed by atoms with E-state index >= 15 is 0 Å². The molecule has 292 valence electrons. The van der Waals surface area contributed by atoms with Gasteiger partial charge >= 0.3 is 0 Å². The fourth-order valence-corrected chi connectivity index (χ4v) is 12.1. The van der Waals surface area contributed by atoms with Crippen molar-refractivity contribution in [3.63, 3.8) is 0 Å². The molecule has 1 aromatic carbocycles. The number of hydrogen-bond acceptors (Lipinski definition) is 7. The number of aromatic nitrogens is 2. The maximum absolute atomic E-state index is 13.0. The van der Waals surface area contributed by atoms with Crippen molar-refractivity contribution in [1.82, 2.24) is 14.4 Å². The third-order valence-corrected chi connectivity index (χ3v) is 14.7. The van der Waals surface area contributed by atoms with E-state index in [1.165, 1.54) is 94.7 Å². The first kappa shape index (κ1) is 38.7. The van der Waals surface area contributed by atoms with Gasteiger partial charge in [0.1, 0.15) is 5.71 Å². The fourth-order valence-electron chi connectivity index (χ4n) is 10.8. The highest BCUT2D eigenvalue weighted by molar-refractivity contribution is 7.89. The topological polar surface area (TPSA) is 112 Å². The number of aliphatic hydroxyl groups is 1. The van der Waals surface area contributed by atoms with Crippen LogP contribution in [0.1, 0.15) is 158 Å². The second-order valence-electron chi connectivity index (χ2n) is 17.8. The van der Waals surface area contributed by atoms with Crippen molar-refractivity contribution in [2.75, 3.05) is 30.3 Å². The minimum atomic E-state index is -3.35. The summed E-state index contributed by atoms with van der Waals surface area (Å²) in [4.78, 5) is 13.1. The molecule has 6 aliphatic rings. The molecule has 4 aliphatic carbocycles. The third-order valence-electron chi connectivity index (χ3n) is 13.3. The molecule has 4 saturated carbocycles. The molecule has 3 heterocycles. The molecule has 2 N–H and O–H groups in total. The van der Waals surface area contributed by atoms with Gasteiger partial charge < -0.3 is 10.0 Å². The number of aliphatic imine (C=N–C) groups is 1. The number of anilines is 1. The first-order chi connectivity index (χ1) is 25.6. The first-order valence-electron chi connectivity index (χ1n) is 21.3. The van der Waals surface area contributed by atoms with Crippen molar-refractivity contribution in [2.24, 2.45) is 33.3 Å². The van der Waals surface area contributed by atoms with Crippen LogP contribution in [0.25, 0.3) is 0 Å². The summed E-state index contributed by atoms with van der Waals surface area (Å²) in [6.07, 6.45) is 23.3. The molecule has 0 amide bonds. The summed E-state index contributed by atoms with van der Waals surface area (Å²) in [6, 6.07) is 4.96. The zero-order valence-electron chi connectivity index (χ0n) is 33.1. The van der Waals surface area contributed by atoms with Crippen LogP contribution < -0.4 is 9.62 Å². The standard InChI is InChI=1S/C43H66N6O3S/c1-5-6-7-8-9-10-11-12-13-14-18-53(51,52)44-28-31(3)38-29-49-42(46-38)40(41(47-49)43-25-33-21-34(26-43)23-35(22-33)27-43)45-37-24-36-20-32(4)48(16-15-17-50)39(36)19-30(37)2/h19,24,29,31-35,44,50H,5-18,20-23,25-28H2,1-4H3/b45-40-. The van der Waals surface area contributed by atoms with Crippen LogP contribution in [0.4, 0.5) is 11.4 Å². The number of benzene rings is 1. The van der Waals surface area contributed by atoms with Crippen molar-refractivity contribution in [3.8, 4) is 0 Å². The van der Waals surface area contributed by atoms with Crippen LogP contribution in [0, 0.1) is 30.1 Å². The molecule has 8 rings (SSSR count). The molecule has 53 heavy (non-hydrogen) atoms. The molecule has 0 radical (unpaired) electrons. The maximum atomic E-state index is 13.0. The molecule has 0 spiro atoms. The maximum Gasteiger partial charge on any atom is 0.211 e. The number of unbranched alkanes of at least 4 members (excludes halogenated alkanes) is 9. The van der Waals surface area contributed by atoms with E-state index in [-0.39, 0.29) is 23.7 Å². The highest BCUT2D eigenvalue weighted by atomic mass is 32.2. The third kappa shape index (κ3) is 8.65. The molecule has 2 atom stereocenters. The summed E-state index contributed by atoms with van der Waals surface area (Å²) in [5, 5.41) is 14.9. The van der Waals surface area contributed by atoms with Crippen molar-refractivity contribution in [3.05, 3.63) is 41.0 Å². The minimum absolute atomic E-state index is 0.0601. The highest BCUT2D eigenvalue weighted by Gasteiger charge is 2.55. The predicted octanol–water partition coefficient (Wildman–Crippen LogP) is 8.82. The molecule has 4 bridgehead atoms. The van der Waals surface area contributed by atoms with Gasteiger partial charge in [-0.2, -0.15) is 5.10 Å². The van der Waals surface area contributed by atoms with E-state index in [0.29, 0.717) is 19.0 Å². The zero-order chi connectivity index (χ0) is 37.2. The Kier molecular flexibility index (Phi) is 12.2. The van der Waals surface area contributed by atoms with Gasteiger partial charge in [0.15, 0.2) is 5.82 Å². The monoisotopic (exact) mass is 746 g/mol. The van der Waals surface area contributed by atoms with Crippen LogP contribution in [-0.4, -0.2) is 66.1 Å². The first-order valence-corrected chi connectivity index (χ1v) is 23.0. The largest absolute Gasteiger partial charge is 0.396 e. The van der Waals surface area contributed by atoms with Crippen molar-refractivity contribution in [2.45, 2.75) is 155 Å². The molecule has 0 saturated heterocycles. The van der Waals surface area contributed by atoms with Gasteiger partial charge in [-0.05, 0) is 113 Å². The Morgan fingerprint density at radius 3 is 2.25 bits per heavy atom. The Bertz CT molecular complexity index is 1730. The quantitative estimate of drug-likeness (QED) is 0.132. The molecule has 10 heteroatoms. The number of fused-ring (bicyclic) bond motifs is 2. The number of aliphatic hydroxyl groups excluding tert-OH is 1. The van der Waals surface area contributed by atoms with E-state index in [9.17, 15) is 13.5 Å². The minimum Gasteiger partial charge on any atom is -0.396 e. The molecule has 2 unspecified atom stereocenters. The number of rotatable bonds is 20. The smallest absolute Gasteiger partial charge is 0.211 e. The number of sulfonamides is 1. The number of nitrogens with one attached hydrogen (secondary N) is 1. The highest BCUT2D eigenvalue weighted by Crippen LogP contribution is 2.61. The van der Waals surface area contributed by atoms with E-state index in [1.807, 2.05) is 10.9 Å². The summed E-state index contributed by atoms with van der Waals surface area (Å²) in [5.41, 5.74) is 7.66. The lowest BCUT2D eigenvalue weighted by Gasteiger charge is -2.56. The Balaban J connectivity index is 1.05. The SMILES string of the molecule is CCCCCCCCCCCCS(=O)(=O)NCC(C)c1cn2c(n1)/C(=N\c1cc3c(cc1C)N(CCCO)C(C)C3)C(C13CC4CC(CC(C4)C1)C3)=N2. The van der Waals surface area contributed by atoms with Gasteiger partial charge in [-0.3, -0.25) is 0 Å². The zero-order valence-corrected chi connectivity index (χ0v) is 33.9. The molecule has 1 aromatic heterocycles. The lowest BCUT2D eigenvalue weighted by Crippen LogP contribution is -2.51. The number of aryl methyl sites for hydroxylation is 1. The van der Waals surface area contributed by atoms with E-state index in [4.69, 9.17) is 15.1 Å². The molecule has 9 nitrogen and oxygen atoms in total. The summed E-state index contributed by atoms with van der Waals surface area (Å²) in [5.74, 6) is 3.25. The second kappa shape index (κ2) is 16.7. The molecular weight excluding hydrogens is 681 g/mol. The van der Waals surface area contributed by atoms with Gasteiger partial charge in [0.05, 0.1) is 29.0 Å². The fraction of sp³-hybridized carbons (Fsp3) is 0.744. The number of nitrogens with zero attached hydrogens (tertiary/aromatic N) is 5. The van der Waals surface area contributed by atoms with Gasteiger partial charge in [-0.1, -0.05) is 71.6 Å². The summed E-state index contributed by atoms with van der Waals surface area (Å²) < 4.78 is 30.8. The Morgan fingerprint density at radius 2 is 1.60 bits per heavy atom. The van der Waals surface area contributed by atoms with Crippen molar-refractivity contribution < 1.29 is 13.5 Å². The van der Waals surface area contributed by atoms with E-state index in [1.54, 1.807) is 0 Å². The van der Waals surface area contributed by atoms with Gasteiger partial charge in [0, 0.05) is 42.8 Å². The summed E-state index contributed by atoms with van der Waals surface area (Å²) in [7, 11) is -3.35. The summed E-state index contributed by atoms with van der Waals surface area (Å²) in [6.45, 7) is 10.1. The van der Waals surface area contributed by atoms with Crippen LogP contribution in [-0.2, 0) is 16.4 Å². The normalized spacial score (nSPS) is 27.2. The number of hydrogen-bond donors (Lipinski definition) is 2. The van der Waals surface area contributed by atoms with Gasteiger partial charge in [-0.15, -0.1) is 0 Å². The number of imidazole rings is 1. The molecular formula is C43H66N6O3S. The van der Waals surface area contributed by atoms with Crippen LogP contribution >= 0.6 is 0 Å². The average Bonchev–Trinajstić information content (AvgIpc) is 3.78. The van der Waals surface area contributed by atoms with Crippen LogP contribution in [0.2, 0.25) is 0 Å². The summed E-state index contributed by atoms with van der Waals surface area (Å²) >= 11 is 0. The Hall–Kier alpha value is -2.56. The molecule has 2 aromatic rings. The average molecular weight is 747 g/mol. The van der Waals surface area contributed by atoms with Crippen LogP contribution in [0.15, 0.2) is 28.4 Å². The van der Waals surface area contributed by atoms with E-state index in [0.717, 1.165) is 84.2 Å². The van der Waals surface area contributed by atoms with E-state index in [2.05, 4.69) is 49.4 Å². The lowest BCUT2D eigenvalue weighted by molar-refractivity contribution is -0.0113. The predicted molar refractivity (Wildman–Crippen MR) is 217 cm³/mol. The molecule has 4 fully saturated rings. The Labute approximate surface area is 319 Å². The lowest BCUT2D eigenvalue weighted by atomic mass is 9.48. The Morgan fingerprint density at radius 1 is 0.962 bits per heavy atom. The second-order valence-corrected chi connectivity index (χ2v) is 19.7. The van der Waals surface area contributed by atoms with Crippen LogP contribution in [0.3, 0.4) is 0 Å².